The number of methoxy groups -OCH3 is 1. The minimum absolute atomic E-state index is 0.432. The number of hydrogen-bond acceptors (Lipinski definition) is 3. The zero-order valence-corrected chi connectivity index (χ0v) is 11.9. The first kappa shape index (κ1) is 13.7. The summed E-state index contributed by atoms with van der Waals surface area (Å²) in [6.07, 6.45) is 2.92. The first-order chi connectivity index (χ1) is 9.08. The second-order valence-corrected chi connectivity index (χ2v) is 5.75. The summed E-state index contributed by atoms with van der Waals surface area (Å²) in [6.45, 7) is 4.51. The number of rotatable bonds is 3. The van der Waals surface area contributed by atoms with Crippen LogP contribution < -0.4 is 10.1 Å². The zero-order valence-electron chi connectivity index (χ0n) is 11.9. The number of benzene rings is 1. The van der Waals surface area contributed by atoms with E-state index in [0.29, 0.717) is 11.8 Å². The van der Waals surface area contributed by atoms with Gasteiger partial charge in [0.2, 0.25) is 0 Å². The first-order valence-electron chi connectivity index (χ1n) is 6.92. The van der Waals surface area contributed by atoms with Crippen LogP contribution in [0.5, 0.6) is 5.75 Å². The summed E-state index contributed by atoms with van der Waals surface area (Å²) < 4.78 is 5.23. The van der Waals surface area contributed by atoms with Gasteiger partial charge in [-0.15, -0.1) is 0 Å². The molecule has 1 fully saturated rings. The van der Waals surface area contributed by atoms with E-state index in [0.717, 1.165) is 30.7 Å². The molecule has 102 valence electrons. The quantitative estimate of drug-likeness (QED) is 0.896. The molecule has 0 saturated heterocycles. The molecule has 0 aromatic heterocycles. The molecule has 0 amide bonds. The molecule has 19 heavy (non-hydrogen) atoms. The molecule has 1 saturated carbocycles. The molecule has 0 aliphatic heterocycles. The van der Waals surface area contributed by atoms with Crippen molar-refractivity contribution in [2.24, 2.45) is 11.8 Å². The molecule has 3 atom stereocenters. The van der Waals surface area contributed by atoms with Crippen LogP contribution in [0.4, 0.5) is 5.69 Å². The van der Waals surface area contributed by atoms with E-state index in [1.54, 1.807) is 7.11 Å². The Kier molecular flexibility index (Phi) is 3.99. The van der Waals surface area contributed by atoms with Gasteiger partial charge >= 0.3 is 0 Å². The monoisotopic (exact) mass is 258 g/mol. The summed E-state index contributed by atoms with van der Waals surface area (Å²) in [4.78, 5) is 0. The van der Waals surface area contributed by atoms with Gasteiger partial charge in [-0.2, -0.15) is 5.26 Å². The van der Waals surface area contributed by atoms with Gasteiger partial charge in [0.05, 0.1) is 13.2 Å². The summed E-state index contributed by atoms with van der Waals surface area (Å²) in [5, 5.41) is 13.0. The highest BCUT2D eigenvalue weighted by atomic mass is 16.5. The highest BCUT2D eigenvalue weighted by molar-refractivity contribution is 5.51. The van der Waals surface area contributed by atoms with Crippen LogP contribution in [0.2, 0.25) is 0 Å². The first-order valence-corrected chi connectivity index (χ1v) is 6.92. The smallest absolute Gasteiger partial charge is 0.125 e. The van der Waals surface area contributed by atoms with E-state index >= 15 is 0 Å². The SMILES string of the molecule is COc1cccc(NC2(C#N)CCC(C)C(C)C2)c1. The molecule has 3 nitrogen and oxygen atoms in total. The van der Waals surface area contributed by atoms with E-state index in [1.807, 2.05) is 24.3 Å². The second kappa shape index (κ2) is 5.52. The Labute approximate surface area is 115 Å². The fourth-order valence-corrected chi connectivity index (χ4v) is 2.83. The van der Waals surface area contributed by atoms with Crippen molar-refractivity contribution in [3.05, 3.63) is 24.3 Å². The standard InChI is InChI=1S/C16H22N2O/c1-12-7-8-16(11-17,10-13(12)2)18-14-5-4-6-15(9-14)19-3/h4-6,9,12-13,18H,7-8,10H2,1-3H3. The molecular weight excluding hydrogens is 236 g/mol. The summed E-state index contributed by atoms with van der Waals surface area (Å²) in [5.74, 6) is 2.09. The zero-order chi connectivity index (χ0) is 13.9. The van der Waals surface area contributed by atoms with Crippen molar-refractivity contribution in [1.29, 1.82) is 5.26 Å². The Morgan fingerprint density at radius 2 is 2.16 bits per heavy atom. The average Bonchev–Trinajstić information content (AvgIpc) is 2.43. The fraction of sp³-hybridized carbons (Fsp3) is 0.562. The van der Waals surface area contributed by atoms with Crippen molar-refractivity contribution >= 4 is 5.69 Å². The van der Waals surface area contributed by atoms with Crippen molar-refractivity contribution in [3.63, 3.8) is 0 Å². The largest absolute Gasteiger partial charge is 0.497 e. The Morgan fingerprint density at radius 1 is 1.37 bits per heavy atom. The van der Waals surface area contributed by atoms with Crippen LogP contribution in [0.1, 0.15) is 33.1 Å². The van der Waals surface area contributed by atoms with Crippen LogP contribution in [0.15, 0.2) is 24.3 Å². The predicted octanol–water partition coefficient (Wildman–Crippen LogP) is 3.83. The summed E-state index contributed by atoms with van der Waals surface area (Å²) in [6, 6.07) is 10.3. The maximum atomic E-state index is 9.59. The Morgan fingerprint density at radius 3 is 2.79 bits per heavy atom. The molecular formula is C16H22N2O. The van der Waals surface area contributed by atoms with Crippen LogP contribution >= 0.6 is 0 Å². The number of anilines is 1. The molecule has 0 heterocycles. The second-order valence-electron chi connectivity index (χ2n) is 5.75. The van der Waals surface area contributed by atoms with Crippen LogP contribution in [0.3, 0.4) is 0 Å². The molecule has 3 heteroatoms. The van der Waals surface area contributed by atoms with E-state index in [-0.39, 0.29) is 0 Å². The van der Waals surface area contributed by atoms with Gasteiger partial charge in [0, 0.05) is 11.8 Å². The van der Waals surface area contributed by atoms with Gasteiger partial charge in [0.25, 0.3) is 0 Å². The van der Waals surface area contributed by atoms with Gasteiger partial charge in [-0.05, 0) is 43.2 Å². The van der Waals surface area contributed by atoms with E-state index in [1.165, 1.54) is 0 Å². The van der Waals surface area contributed by atoms with Gasteiger partial charge < -0.3 is 10.1 Å². The lowest BCUT2D eigenvalue weighted by Crippen LogP contribution is -2.43. The lowest BCUT2D eigenvalue weighted by Gasteiger charge is -2.39. The number of hydrogen-bond donors (Lipinski definition) is 1. The Balaban J connectivity index is 2.17. The van der Waals surface area contributed by atoms with Crippen molar-refractivity contribution in [1.82, 2.24) is 0 Å². The highest BCUT2D eigenvalue weighted by Gasteiger charge is 2.37. The summed E-state index contributed by atoms with van der Waals surface area (Å²) in [5.41, 5.74) is 0.529. The van der Waals surface area contributed by atoms with Gasteiger partial charge in [-0.3, -0.25) is 0 Å². The molecule has 1 aromatic rings. The minimum Gasteiger partial charge on any atom is -0.497 e. The molecule has 0 radical (unpaired) electrons. The molecule has 2 rings (SSSR count). The lowest BCUT2D eigenvalue weighted by molar-refractivity contribution is 0.226. The van der Waals surface area contributed by atoms with E-state index in [9.17, 15) is 5.26 Å². The maximum Gasteiger partial charge on any atom is 0.125 e. The molecule has 1 aliphatic rings. The van der Waals surface area contributed by atoms with Crippen LogP contribution in [0, 0.1) is 23.2 Å². The predicted molar refractivity (Wildman–Crippen MR) is 77.1 cm³/mol. The molecule has 1 aliphatic carbocycles. The Bertz CT molecular complexity index is 480. The Hall–Kier alpha value is -1.69. The molecule has 3 unspecified atom stereocenters. The topological polar surface area (TPSA) is 45.0 Å². The number of ether oxygens (including phenoxy) is 1. The number of nitrogens with zero attached hydrogens (tertiary/aromatic N) is 1. The molecule has 0 bridgehead atoms. The molecule has 1 aromatic carbocycles. The van der Waals surface area contributed by atoms with Crippen LogP contribution in [-0.4, -0.2) is 12.6 Å². The lowest BCUT2D eigenvalue weighted by atomic mass is 9.72. The third-order valence-electron chi connectivity index (χ3n) is 4.34. The highest BCUT2D eigenvalue weighted by Crippen LogP contribution is 2.38. The van der Waals surface area contributed by atoms with Crippen molar-refractivity contribution in [3.8, 4) is 11.8 Å². The normalized spacial score (nSPS) is 30.4. The fourth-order valence-electron chi connectivity index (χ4n) is 2.83. The number of nitriles is 1. The van der Waals surface area contributed by atoms with E-state index < -0.39 is 5.54 Å². The molecule has 1 N–H and O–H groups in total. The van der Waals surface area contributed by atoms with Crippen molar-refractivity contribution < 1.29 is 4.74 Å². The van der Waals surface area contributed by atoms with Gasteiger partial charge in [0.1, 0.15) is 11.3 Å². The van der Waals surface area contributed by atoms with E-state index in [4.69, 9.17) is 4.74 Å². The van der Waals surface area contributed by atoms with Crippen LogP contribution in [-0.2, 0) is 0 Å². The van der Waals surface area contributed by atoms with Gasteiger partial charge in [-0.1, -0.05) is 19.9 Å². The summed E-state index contributed by atoms with van der Waals surface area (Å²) in [7, 11) is 1.66. The number of nitrogens with one attached hydrogen (secondary N) is 1. The average molecular weight is 258 g/mol. The van der Waals surface area contributed by atoms with Crippen molar-refractivity contribution in [2.75, 3.05) is 12.4 Å². The third kappa shape index (κ3) is 3.01. The third-order valence-corrected chi connectivity index (χ3v) is 4.34. The van der Waals surface area contributed by atoms with Gasteiger partial charge in [-0.25, -0.2) is 0 Å². The van der Waals surface area contributed by atoms with Crippen LogP contribution in [0.25, 0.3) is 0 Å². The van der Waals surface area contributed by atoms with Crippen molar-refractivity contribution in [2.45, 2.75) is 38.6 Å². The van der Waals surface area contributed by atoms with Gasteiger partial charge in [0.15, 0.2) is 0 Å². The molecule has 0 spiro atoms. The maximum absolute atomic E-state index is 9.59. The summed E-state index contributed by atoms with van der Waals surface area (Å²) >= 11 is 0. The van der Waals surface area contributed by atoms with E-state index in [2.05, 4.69) is 25.2 Å². The minimum atomic E-state index is -0.432.